The number of thioether (sulfide) groups is 1. The van der Waals surface area contributed by atoms with Gasteiger partial charge in [-0.1, -0.05) is 11.3 Å². The van der Waals surface area contributed by atoms with Crippen molar-refractivity contribution in [3.05, 3.63) is 24.2 Å². The Balaban J connectivity index is 0.00000243. The first-order valence-corrected chi connectivity index (χ1v) is 9.72. The van der Waals surface area contributed by atoms with Gasteiger partial charge in [0.2, 0.25) is 5.91 Å². The number of hydrogen-bond acceptors (Lipinski definition) is 7. The summed E-state index contributed by atoms with van der Waals surface area (Å²) in [4.78, 5) is 28.4. The molecule has 142 valence electrons. The fourth-order valence-corrected chi connectivity index (χ4v) is 4.71. The number of aryl methyl sites for hydroxylation is 1. The largest absolute Gasteiger partial charge is 0.369 e. The lowest BCUT2D eigenvalue weighted by Gasteiger charge is -2.36. The molecule has 2 aromatic rings. The van der Waals surface area contributed by atoms with Crippen molar-refractivity contribution in [2.24, 2.45) is 5.73 Å². The number of amides is 2. The van der Waals surface area contributed by atoms with Crippen LogP contribution in [0.2, 0.25) is 0 Å². The Bertz CT molecular complexity index is 758. The second-order valence-corrected chi connectivity index (χ2v) is 8.08. The number of hydrogen-bond donors (Lipinski definition) is 3. The van der Waals surface area contributed by atoms with Gasteiger partial charge in [0.05, 0.1) is 15.7 Å². The minimum absolute atomic E-state index is 0. The molecule has 1 fully saturated rings. The zero-order chi connectivity index (χ0) is 17.9. The molecule has 0 aliphatic carbocycles. The molecule has 0 aromatic carbocycles. The Morgan fingerprint density at radius 3 is 2.81 bits per heavy atom. The summed E-state index contributed by atoms with van der Waals surface area (Å²) in [5.41, 5.74) is 5.26. The van der Waals surface area contributed by atoms with Gasteiger partial charge in [0, 0.05) is 12.4 Å². The molecule has 0 saturated carbocycles. The van der Waals surface area contributed by atoms with Gasteiger partial charge in [0.25, 0.3) is 5.91 Å². The minimum atomic E-state index is -0.713. The number of rotatable bonds is 6. The van der Waals surface area contributed by atoms with Crippen LogP contribution in [0.25, 0.3) is 0 Å². The second-order valence-electron chi connectivity index (χ2n) is 5.83. The monoisotopic (exact) mass is 416 g/mol. The molecule has 11 heteroatoms. The predicted molar refractivity (Wildman–Crippen MR) is 105 cm³/mol. The minimum Gasteiger partial charge on any atom is -0.369 e. The molecule has 1 saturated heterocycles. The van der Waals surface area contributed by atoms with Crippen LogP contribution in [0.5, 0.6) is 0 Å². The molecule has 0 atom stereocenters. The maximum absolute atomic E-state index is 13.1. The molecule has 4 N–H and O–H groups in total. The first kappa shape index (κ1) is 20.7. The summed E-state index contributed by atoms with van der Waals surface area (Å²) < 4.78 is 2.62. The molecule has 3 heterocycles. The zero-order valence-corrected chi connectivity index (χ0v) is 16.7. The smallest absolute Gasteiger partial charge is 0.254 e. The molecule has 3 rings (SSSR count). The van der Waals surface area contributed by atoms with E-state index in [1.165, 1.54) is 23.1 Å². The molecule has 1 aliphatic rings. The highest BCUT2D eigenvalue weighted by molar-refractivity contribution is 8.01. The molecular weight excluding hydrogens is 396 g/mol. The van der Waals surface area contributed by atoms with E-state index in [1.54, 1.807) is 10.9 Å². The van der Waals surface area contributed by atoms with Crippen LogP contribution in [0.3, 0.4) is 0 Å². The van der Waals surface area contributed by atoms with E-state index in [9.17, 15) is 9.59 Å². The second kappa shape index (κ2) is 8.85. The van der Waals surface area contributed by atoms with E-state index in [0.717, 1.165) is 23.0 Å². The van der Waals surface area contributed by atoms with Gasteiger partial charge in [-0.15, -0.1) is 24.2 Å². The summed E-state index contributed by atoms with van der Waals surface area (Å²) >= 11 is 2.69. The van der Waals surface area contributed by atoms with Crippen molar-refractivity contribution >= 4 is 52.5 Å². The number of primary amides is 1. The van der Waals surface area contributed by atoms with Gasteiger partial charge >= 0.3 is 0 Å². The SMILES string of the molecule is Cc1nc(NC(=O)C2(n3cccn3)CCNCC2)sc1SCC(N)=O.Cl. The molecule has 2 amide bonds. The summed E-state index contributed by atoms with van der Waals surface area (Å²) in [7, 11) is 0. The predicted octanol–water partition coefficient (Wildman–Crippen LogP) is 1.36. The zero-order valence-electron chi connectivity index (χ0n) is 14.2. The van der Waals surface area contributed by atoms with Crippen LogP contribution < -0.4 is 16.4 Å². The molecule has 0 bridgehead atoms. The van der Waals surface area contributed by atoms with Gasteiger partial charge in [0.1, 0.15) is 5.54 Å². The van der Waals surface area contributed by atoms with Gasteiger partial charge in [-0.3, -0.25) is 19.6 Å². The Labute approximate surface area is 165 Å². The highest BCUT2D eigenvalue weighted by Crippen LogP contribution is 2.34. The molecule has 2 aromatic heterocycles. The standard InChI is InChI=1S/C15H20N6O2S2.ClH/c1-10-12(24-9-11(16)22)25-14(19-10)20-13(23)15(3-6-17-7-4-15)21-8-2-5-18-21;/h2,5,8,17H,3-4,6-7,9H2,1H3,(H2,16,22)(H,19,20,23);1H. The molecule has 26 heavy (non-hydrogen) atoms. The van der Waals surface area contributed by atoms with E-state index >= 15 is 0 Å². The van der Waals surface area contributed by atoms with E-state index in [-0.39, 0.29) is 30.0 Å². The topological polar surface area (TPSA) is 115 Å². The van der Waals surface area contributed by atoms with Crippen molar-refractivity contribution in [1.82, 2.24) is 20.1 Å². The van der Waals surface area contributed by atoms with Crippen LogP contribution in [0.15, 0.2) is 22.7 Å². The van der Waals surface area contributed by atoms with Crippen LogP contribution in [0.1, 0.15) is 18.5 Å². The van der Waals surface area contributed by atoms with Crippen LogP contribution in [-0.4, -0.2) is 45.4 Å². The lowest BCUT2D eigenvalue weighted by molar-refractivity contribution is -0.126. The number of nitrogens with two attached hydrogens (primary N) is 1. The third-order valence-electron chi connectivity index (χ3n) is 4.12. The quantitative estimate of drug-likeness (QED) is 0.612. The summed E-state index contributed by atoms with van der Waals surface area (Å²) in [6, 6.07) is 1.82. The maximum Gasteiger partial charge on any atom is 0.254 e. The molecule has 0 spiro atoms. The third kappa shape index (κ3) is 4.37. The van der Waals surface area contributed by atoms with Gasteiger partial charge in [-0.25, -0.2) is 4.98 Å². The molecule has 8 nitrogen and oxygen atoms in total. The average Bonchev–Trinajstić information content (AvgIpc) is 3.24. The third-order valence-corrected chi connectivity index (χ3v) is 6.57. The number of nitrogens with one attached hydrogen (secondary N) is 2. The van der Waals surface area contributed by atoms with Crippen molar-refractivity contribution in [3.8, 4) is 0 Å². The van der Waals surface area contributed by atoms with Crippen molar-refractivity contribution in [1.29, 1.82) is 0 Å². The number of aromatic nitrogens is 3. The number of anilines is 1. The lowest BCUT2D eigenvalue weighted by Crippen LogP contribution is -2.52. The van der Waals surface area contributed by atoms with Crippen molar-refractivity contribution in [2.45, 2.75) is 29.5 Å². The number of thiazole rings is 1. The van der Waals surface area contributed by atoms with E-state index in [0.29, 0.717) is 18.0 Å². The first-order valence-electron chi connectivity index (χ1n) is 7.92. The number of halogens is 1. The molecule has 1 aliphatic heterocycles. The summed E-state index contributed by atoms with van der Waals surface area (Å²) in [5, 5.41) is 11.0. The molecular formula is C15H21ClN6O2S2. The van der Waals surface area contributed by atoms with E-state index in [1.807, 2.05) is 19.2 Å². The molecule has 0 unspecified atom stereocenters. The number of carbonyl (C=O) groups is 2. The van der Waals surface area contributed by atoms with Crippen molar-refractivity contribution < 1.29 is 9.59 Å². The average molecular weight is 417 g/mol. The van der Waals surface area contributed by atoms with Crippen LogP contribution in [0, 0.1) is 6.92 Å². The van der Waals surface area contributed by atoms with Gasteiger partial charge in [0.15, 0.2) is 5.13 Å². The first-order chi connectivity index (χ1) is 12.0. The Morgan fingerprint density at radius 2 is 2.19 bits per heavy atom. The Kier molecular flexibility index (Phi) is 7.04. The number of piperidine rings is 1. The highest BCUT2D eigenvalue weighted by Gasteiger charge is 2.42. The van der Waals surface area contributed by atoms with Crippen LogP contribution in [0.4, 0.5) is 5.13 Å². The van der Waals surface area contributed by atoms with Gasteiger partial charge in [-0.2, -0.15) is 5.10 Å². The summed E-state index contributed by atoms with van der Waals surface area (Å²) in [5.74, 6) is -0.298. The Morgan fingerprint density at radius 1 is 1.46 bits per heavy atom. The summed E-state index contributed by atoms with van der Waals surface area (Å²) in [6.45, 7) is 3.36. The van der Waals surface area contributed by atoms with Crippen LogP contribution >= 0.6 is 35.5 Å². The Hall–Kier alpha value is -1.62. The normalized spacial score (nSPS) is 15.9. The van der Waals surface area contributed by atoms with Gasteiger partial charge in [-0.05, 0) is 38.9 Å². The molecule has 0 radical (unpaired) electrons. The van der Waals surface area contributed by atoms with Gasteiger partial charge < -0.3 is 11.1 Å². The summed E-state index contributed by atoms with van der Waals surface area (Å²) in [6.07, 6.45) is 4.83. The lowest BCUT2D eigenvalue weighted by atomic mass is 9.87. The fourth-order valence-electron chi connectivity index (χ4n) is 2.84. The van der Waals surface area contributed by atoms with E-state index in [4.69, 9.17) is 5.73 Å². The number of nitrogens with zero attached hydrogens (tertiary/aromatic N) is 3. The van der Waals surface area contributed by atoms with Crippen molar-refractivity contribution in [3.63, 3.8) is 0 Å². The number of carbonyl (C=O) groups excluding carboxylic acids is 2. The van der Waals surface area contributed by atoms with E-state index in [2.05, 4.69) is 20.7 Å². The van der Waals surface area contributed by atoms with Crippen molar-refractivity contribution in [2.75, 3.05) is 24.2 Å². The maximum atomic E-state index is 13.1. The van der Waals surface area contributed by atoms with E-state index < -0.39 is 5.54 Å². The fraction of sp³-hybridized carbons (Fsp3) is 0.467. The van der Waals surface area contributed by atoms with Crippen LogP contribution in [-0.2, 0) is 15.1 Å². The highest BCUT2D eigenvalue weighted by atomic mass is 35.5.